The monoisotopic (exact) mass is 235 g/mol. The van der Waals surface area contributed by atoms with Crippen LogP contribution in [0.5, 0.6) is 5.75 Å². The van der Waals surface area contributed by atoms with Crippen LogP contribution in [0, 0.1) is 5.92 Å². The Labute approximate surface area is 103 Å². The first-order valence-electron chi connectivity index (χ1n) is 6.39. The topological polar surface area (TPSA) is 32.7 Å². The van der Waals surface area contributed by atoms with Crippen LogP contribution < -0.4 is 4.74 Å². The van der Waals surface area contributed by atoms with Gasteiger partial charge in [-0.25, -0.2) is 0 Å². The van der Waals surface area contributed by atoms with Crippen LogP contribution in [0.3, 0.4) is 0 Å². The molecule has 1 heterocycles. The van der Waals surface area contributed by atoms with Gasteiger partial charge in [0, 0.05) is 13.2 Å². The Morgan fingerprint density at radius 3 is 2.53 bits per heavy atom. The maximum atomic E-state index is 9.06. The zero-order chi connectivity index (χ0) is 11.9. The van der Waals surface area contributed by atoms with Crippen molar-refractivity contribution in [1.29, 1.82) is 0 Å². The van der Waals surface area contributed by atoms with Gasteiger partial charge < -0.3 is 9.84 Å². The van der Waals surface area contributed by atoms with Crippen molar-refractivity contribution in [2.24, 2.45) is 5.92 Å². The van der Waals surface area contributed by atoms with Crippen LogP contribution in [0.2, 0.25) is 0 Å². The number of piperidine rings is 1. The quantitative estimate of drug-likeness (QED) is 0.844. The van der Waals surface area contributed by atoms with Crippen LogP contribution in [0.1, 0.15) is 12.8 Å². The summed E-state index contributed by atoms with van der Waals surface area (Å²) in [7, 11) is 0. The fourth-order valence-corrected chi connectivity index (χ4v) is 2.20. The molecule has 0 spiro atoms. The zero-order valence-corrected chi connectivity index (χ0v) is 10.2. The van der Waals surface area contributed by atoms with Gasteiger partial charge in [-0.2, -0.15) is 0 Å². The van der Waals surface area contributed by atoms with E-state index in [0.717, 1.165) is 44.8 Å². The Hall–Kier alpha value is -1.06. The molecule has 1 aliphatic heterocycles. The number of ether oxygens (including phenoxy) is 1. The molecule has 0 atom stereocenters. The molecule has 1 saturated heterocycles. The number of rotatable bonds is 5. The predicted molar refractivity (Wildman–Crippen MR) is 68.2 cm³/mol. The maximum Gasteiger partial charge on any atom is 0.119 e. The third-order valence-electron chi connectivity index (χ3n) is 3.38. The van der Waals surface area contributed by atoms with E-state index in [1.807, 2.05) is 30.3 Å². The molecule has 94 valence electrons. The van der Waals surface area contributed by atoms with E-state index in [2.05, 4.69) is 4.90 Å². The Kier molecular flexibility index (Phi) is 4.83. The van der Waals surface area contributed by atoms with E-state index >= 15 is 0 Å². The average Bonchev–Trinajstić information content (AvgIpc) is 2.41. The van der Waals surface area contributed by atoms with E-state index in [1.165, 1.54) is 0 Å². The van der Waals surface area contributed by atoms with Gasteiger partial charge in [0.1, 0.15) is 12.4 Å². The van der Waals surface area contributed by atoms with Crippen molar-refractivity contribution in [1.82, 2.24) is 4.90 Å². The summed E-state index contributed by atoms with van der Waals surface area (Å²) in [6.45, 7) is 4.24. The fourth-order valence-electron chi connectivity index (χ4n) is 2.20. The third-order valence-corrected chi connectivity index (χ3v) is 3.38. The minimum absolute atomic E-state index is 0.342. The Morgan fingerprint density at radius 1 is 1.18 bits per heavy atom. The lowest BCUT2D eigenvalue weighted by molar-refractivity contribution is 0.119. The first-order valence-corrected chi connectivity index (χ1v) is 6.39. The molecule has 0 unspecified atom stereocenters. The number of aliphatic hydroxyl groups excluding tert-OH is 1. The van der Waals surface area contributed by atoms with Gasteiger partial charge >= 0.3 is 0 Å². The molecule has 1 aromatic carbocycles. The number of hydrogen-bond acceptors (Lipinski definition) is 3. The number of para-hydroxylation sites is 1. The van der Waals surface area contributed by atoms with Crippen LogP contribution in [0.4, 0.5) is 0 Å². The van der Waals surface area contributed by atoms with Crippen LogP contribution in [0.15, 0.2) is 30.3 Å². The lowest BCUT2D eigenvalue weighted by atomic mass is 9.98. The minimum Gasteiger partial charge on any atom is -0.492 e. The number of nitrogens with zero attached hydrogens (tertiary/aromatic N) is 1. The second-order valence-electron chi connectivity index (χ2n) is 4.63. The highest BCUT2D eigenvalue weighted by Crippen LogP contribution is 2.16. The second kappa shape index (κ2) is 6.62. The molecule has 0 radical (unpaired) electrons. The highest BCUT2D eigenvalue weighted by molar-refractivity contribution is 5.20. The molecular weight excluding hydrogens is 214 g/mol. The largest absolute Gasteiger partial charge is 0.492 e. The highest BCUT2D eigenvalue weighted by atomic mass is 16.5. The molecule has 2 rings (SSSR count). The molecule has 0 aliphatic carbocycles. The molecule has 1 aromatic rings. The van der Waals surface area contributed by atoms with Gasteiger partial charge in [0.15, 0.2) is 0 Å². The van der Waals surface area contributed by atoms with E-state index in [9.17, 15) is 0 Å². The molecule has 0 bridgehead atoms. The molecule has 0 saturated carbocycles. The van der Waals surface area contributed by atoms with Gasteiger partial charge in [0.05, 0.1) is 0 Å². The van der Waals surface area contributed by atoms with Crippen molar-refractivity contribution >= 4 is 0 Å². The van der Waals surface area contributed by atoms with Crippen molar-refractivity contribution in [2.45, 2.75) is 12.8 Å². The van der Waals surface area contributed by atoms with Crippen molar-refractivity contribution in [3.05, 3.63) is 30.3 Å². The van der Waals surface area contributed by atoms with Crippen molar-refractivity contribution < 1.29 is 9.84 Å². The van der Waals surface area contributed by atoms with Crippen molar-refractivity contribution in [3.8, 4) is 5.75 Å². The van der Waals surface area contributed by atoms with Gasteiger partial charge in [-0.15, -0.1) is 0 Å². The SMILES string of the molecule is OCC1CCN(CCOc2ccccc2)CC1. The molecule has 1 fully saturated rings. The highest BCUT2D eigenvalue weighted by Gasteiger charge is 2.17. The number of benzene rings is 1. The Balaban J connectivity index is 1.63. The van der Waals surface area contributed by atoms with E-state index in [-0.39, 0.29) is 0 Å². The fraction of sp³-hybridized carbons (Fsp3) is 0.571. The standard InChI is InChI=1S/C14H21NO2/c16-12-13-6-8-15(9-7-13)10-11-17-14-4-2-1-3-5-14/h1-5,13,16H,6-12H2. The van der Waals surface area contributed by atoms with Gasteiger partial charge in [0.25, 0.3) is 0 Å². The summed E-state index contributed by atoms with van der Waals surface area (Å²) < 4.78 is 5.67. The summed E-state index contributed by atoms with van der Waals surface area (Å²) in [6, 6.07) is 9.94. The van der Waals surface area contributed by atoms with Crippen LogP contribution in [-0.4, -0.2) is 42.9 Å². The Bertz CT molecular complexity index is 307. The molecular formula is C14H21NO2. The van der Waals surface area contributed by atoms with E-state index in [4.69, 9.17) is 9.84 Å². The summed E-state index contributed by atoms with van der Waals surface area (Å²) in [5, 5.41) is 9.06. The number of hydrogen-bond donors (Lipinski definition) is 1. The normalized spacial score (nSPS) is 18.2. The lowest BCUT2D eigenvalue weighted by Crippen LogP contribution is -2.37. The molecule has 0 aromatic heterocycles. The molecule has 1 aliphatic rings. The van der Waals surface area contributed by atoms with Gasteiger partial charge in [0.2, 0.25) is 0 Å². The van der Waals surface area contributed by atoms with Crippen molar-refractivity contribution in [2.75, 3.05) is 32.8 Å². The van der Waals surface area contributed by atoms with Gasteiger partial charge in [-0.3, -0.25) is 4.90 Å². The molecule has 3 heteroatoms. The maximum absolute atomic E-state index is 9.06. The zero-order valence-electron chi connectivity index (χ0n) is 10.2. The summed E-state index contributed by atoms with van der Waals surface area (Å²) in [5.41, 5.74) is 0. The molecule has 1 N–H and O–H groups in total. The molecule has 17 heavy (non-hydrogen) atoms. The molecule has 0 amide bonds. The second-order valence-corrected chi connectivity index (χ2v) is 4.63. The smallest absolute Gasteiger partial charge is 0.119 e. The van der Waals surface area contributed by atoms with Crippen LogP contribution in [-0.2, 0) is 0 Å². The summed E-state index contributed by atoms with van der Waals surface area (Å²) >= 11 is 0. The van der Waals surface area contributed by atoms with E-state index < -0.39 is 0 Å². The lowest BCUT2D eigenvalue weighted by Gasteiger charge is -2.30. The Morgan fingerprint density at radius 2 is 1.88 bits per heavy atom. The average molecular weight is 235 g/mol. The van der Waals surface area contributed by atoms with E-state index in [1.54, 1.807) is 0 Å². The third kappa shape index (κ3) is 4.02. The summed E-state index contributed by atoms with van der Waals surface area (Å²) in [5.74, 6) is 1.46. The van der Waals surface area contributed by atoms with Gasteiger partial charge in [-0.05, 0) is 44.0 Å². The first kappa shape index (κ1) is 12.4. The van der Waals surface area contributed by atoms with Crippen LogP contribution in [0.25, 0.3) is 0 Å². The van der Waals surface area contributed by atoms with Crippen molar-refractivity contribution in [3.63, 3.8) is 0 Å². The first-order chi connectivity index (χ1) is 8.38. The molecule has 3 nitrogen and oxygen atoms in total. The van der Waals surface area contributed by atoms with Crippen LogP contribution >= 0.6 is 0 Å². The summed E-state index contributed by atoms with van der Waals surface area (Å²) in [6.07, 6.45) is 2.23. The number of aliphatic hydroxyl groups is 1. The van der Waals surface area contributed by atoms with E-state index in [0.29, 0.717) is 12.5 Å². The predicted octanol–water partition coefficient (Wildman–Crippen LogP) is 1.77. The number of likely N-dealkylation sites (tertiary alicyclic amines) is 1. The summed E-state index contributed by atoms with van der Waals surface area (Å²) in [4.78, 5) is 2.41. The minimum atomic E-state index is 0.342. The van der Waals surface area contributed by atoms with Gasteiger partial charge in [-0.1, -0.05) is 18.2 Å².